The summed E-state index contributed by atoms with van der Waals surface area (Å²) in [7, 11) is 1.84. The second kappa shape index (κ2) is 5.44. The molecule has 0 aliphatic rings. The van der Waals surface area contributed by atoms with Crippen molar-refractivity contribution in [3.63, 3.8) is 0 Å². The van der Waals surface area contributed by atoms with Crippen LogP contribution in [0, 0.1) is 12.7 Å². The Morgan fingerprint density at radius 1 is 1.42 bits per heavy atom. The van der Waals surface area contributed by atoms with Gasteiger partial charge in [-0.15, -0.1) is 11.8 Å². The molecule has 0 atom stereocenters. The van der Waals surface area contributed by atoms with Gasteiger partial charge in [0.25, 0.3) is 0 Å². The topological polar surface area (TPSA) is 55.1 Å². The zero-order valence-electron chi connectivity index (χ0n) is 10.6. The van der Waals surface area contributed by atoms with Crippen molar-refractivity contribution in [3.05, 3.63) is 46.9 Å². The minimum Gasteiger partial charge on any atom is -0.478 e. The van der Waals surface area contributed by atoms with Crippen LogP contribution in [0.5, 0.6) is 0 Å². The average molecular weight is 280 g/mol. The number of aryl methyl sites for hydroxylation is 2. The number of carboxylic acid groups (broad SMARTS) is 1. The summed E-state index contributed by atoms with van der Waals surface area (Å²) in [5.41, 5.74) is 1.52. The summed E-state index contributed by atoms with van der Waals surface area (Å²) in [6.45, 7) is 1.90. The Labute approximate surface area is 114 Å². The summed E-state index contributed by atoms with van der Waals surface area (Å²) in [6.07, 6.45) is 0. The molecule has 0 bridgehead atoms. The van der Waals surface area contributed by atoms with E-state index in [-0.39, 0.29) is 5.56 Å². The van der Waals surface area contributed by atoms with Crippen molar-refractivity contribution in [2.24, 2.45) is 7.05 Å². The van der Waals surface area contributed by atoms with Crippen LogP contribution < -0.4 is 0 Å². The van der Waals surface area contributed by atoms with Crippen LogP contribution in [0.15, 0.2) is 29.3 Å². The number of hydrogen-bond acceptors (Lipinski definition) is 3. The molecule has 1 N–H and O–H groups in total. The second-order valence-electron chi connectivity index (χ2n) is 4.19. The van der Waals surface area contributed by atoms with Crippen LogP contribution in [0.3, 0.4) is 0 Å². The highest BCUT2D eigenvalue weighted by Gasteiger charge is 2.09. The molecule has 4 nitrogen and oxygen atoms in total. The van der Waals surface area contributed by atoms with E-state index in [4.69, 9.17) is 5.11 Å². The molecular formula is C13H13FN2O2S. The third-order valence-corrected chi connectivity index (χ3v) is 3.71. The largest absolute Gasteiger partial charge is 0.478 e. The highest BCUT2D eigenvalue weighted by atomic mass is 32.2. The molecule has 0 radical (unpaired) electrons. The van der Waals surface area contributed by atoms with Gasteiger partial charge < -0.3 is 5.11 Å². The minimum atomic E-state index is -1.12. The van der Waals surface area contributed by atoms with Crippen molar-refractivity contribution in [1.82, 2.24) is 9.78 Å². The van der Waals surface area contributed by atoms with Gasteiger partial charge in [0.05, 0.1) is 16.3 Å². The Morgan fingerprint density at radius 3 is 2.74 bits per heavy atom. The number of aromatic carboxylic acids is 1. The predicted molar refractivity (Wildman–Crippen MR) is 70.9 cm³/mol. The van der Waals surface area contributed by atoms with Crippen molar-refractivity contribution in [3.8, 4) is 0 Å². The lowest BCUT2D eigenvalue weighted by atomic mass is 10.1. The second-order valence-corrected chi connectivity index (χ2v) is 5.19. The van der Waals surface area contributed by atoms with Gasteiger partial charge in [-0.1, -0.05) is 0 Å². The van der Waals surface area contributed by atoms with Gasteiger partial charge >= 0.3 is 5.97 Å². The molecule has 6 heteroatoms. The number of hydrogen-bond donors (Lipinski definition) is 1. The average Bonchev–Trinajstić information content (AvgIpc) is 2.64. The lowest BCUT2D eigenvalue weighted by molar-refractivity contribution is 0.0696. The number of carboxylic acids is 1. The first-order valence-corrected chi connectivity index (χ1v) is 6.60. The van der Waals surface area contributed by atoms with Gasteiger partial charge in [0, 0.05) is 12.8 Å². The van der Waals surface area contributed by atoms with E-state index >= 15 is 0 Å². The van der Waals surface area contributed by atoms with Gasteiger partial charge in [-0.05, 0) is 36.8 Å². The fraction of sp³-hybridized carbons (Fsp3) is 0.231. The van der Waals surface area contributed by atoms with Crippen LogP contribution in [0.1, 0.15) is 21.6 Å². The molecule has 19 heavy (non-hydrogen) atoms. The van der Waals surface area contributed by atoms with E-state index in [0.29, 0.717) is 11.3 Å². The van der Waals surface area contributed by atoms with Crippen molar-refractivity contribution >= 4 is 17.7 Å². The van der Waals surface area contributed by atoms with Crippen LogP contribution in [0.2, 0.25) is 0 Å². The number of halogens is 1. The van der Waals surface area contributed by atoms with Gasteiger partial charge in [0.1, 0.15) is 5.82 Å². The third kappa shape index (κ3) is 3.35. The Bertz CT molecular complexity index is 625. The van der Waals surface area contributed by atoms with Crippen LogP contribution >= 0.6 is 11.8 Å². The van der Waals surface area contributed by atoms with Crippen LogP contribution in [-0.4, -0.2) is 20.9 Å². The van der Waals surface area contributed by atoms with E-state index in [0.717, 1.165) is 16.8 Å². The predicted octanol–water partition coefficient (Wildman–Crippen LogP) is 2.86. The van der Waals surface area contributed by atoms with E-state index in [1.54, 1.807) is 4.68 Å². The molecule has 0 aliphatic heterocycles. The first kappa shape index (κ1) is 13.6. The van der Waals surface area contributed by atoms with Gasteiger partial charge in [-0.25, -0.2) is 9.18 Å². The minimum absolute atomic E-state index is 0.0308. The SMILES string of the molecule is Cc1cc(SCc2cc(F)cc(C(=O)O)c2)n(C)n1. The first-order valence-electron chi connectivity index (χ1n) is 5.62. The number of aromatic nitrogens is 2. The van der Waals surface area contributed by atoms with Crippen molar-refractivity contribution < 1.29 is 14.3 Å². The molecule has 0 spiro atoms. The maximum Gasteiger partial charge on any atom is 0.335 e. The molecule has 2 aromatic rings. The number of carbonyl (C=O) groups is 1. The van der Waals surface area contributed by atoms with Crippen LogP contribution in [0.25, 0.3) is 0 Å². The number of thioether (sulfide) groups is 1. The molecule has 1 heterocycles. The normalized spacial score (nSPS) is 10.7. The molecule has 0 unspecified atom stereocenters. The molecule has 1 aromatic heterocycles. The fourth-order valence-electron chi connectivity index (χ4n) is 1.74. The molecule has 2 rings (SSSR count). The third-order valence-electron chi connectivity index (χ3n) is 2.55. The number of benzene rings is 1. The van der Waals surface area contributed by atoms with Gasteiger partial charge in [-0.3, -0.25) is 4.68 Å². The van der Waals surface area contributed by atoms with Gasteiger partial charge in [0.15, 0.2) is 0 Å². The molecule has 0 aliphatic carbocycles. The zero-order valence-corrected chi connectivity index (χ0v) is 11.4. The van der Waals surface area contributed by atoms with E-state index < -0.39 is 11.8 Å². The van der Waals surface area contributed by atoms with E-state index in [2.05, 4.69) is 5.10 Å². The highest BCUT2D eigenvalue weighted by molar-refractivity contribution is 7.98. The molecule has 0 saturated carbocycles. The van der Waals surface area contributed by atoms with Crippen molar-refractivity contribution in [2.45, 2.75) is 17.7 Å². The van der Waals surface area contributed by atoms with Crippen molar-refractivity contribution in [1.29, 1.82) is 0 Å². The standard InChI is InChI=1S/C13H13FN2O2S/c1-8-3-12(16(2)15-8)19-7-9-4-10(13(17)18)6-11(14)5-9/h3-6H,7H2,1-2H3,(H,17,18). The summed E-state index contributed by atoms with van der Waals surface area (Å²) in [6, 6.07) is 5.79. The molecule has 0 amide bonds. The number of rotatable bonds is 4. The lowest BCUT2D eigenvalue weighted by Gasteiger charge is -2.04. The van der Waals surface area contributed by atoms with Crippen LogP contribution in [-0.2, 0) is 12.8 Å². The summed E-state index contributed by atoms with van der Waals surface area (Å²) in [5, 5.41) is 14.1. The summed E-state index contributed by atoms with van der Waals surface area (Å²) in [4.78, 5) is 10.8. The summed E-state index contributed by atoms with van der Waals surface area (Å²) in [5.74, 6) is -1.16. The van der Waals surface area contributed by atoms with Gasteiger partial charge in [-0.2, -0.15) is 5.10 Å². The highest BCUT2D eigenvalue weighted by Crippen LogP contribution is 2.24. The quantitative estimate of drug-likeness (QED) is 0.875. The summed E-state index contributed by atoms with van der Waals surface area (Å²) < 4.78 is 15.1. The maximum absolute atomic E-state index is 13.3. The Morgan fingerprint density at radius 2 is 2.16 bits per heavy atom. The van der Waals surface area contributed by atoms with E-state index in [9.17, 15) is 9.18 Å². The molecular weight excluding hydrogens is 267 g/mol. The molecule has 0 fully saturated rings. The fourth-order valence-corrected chi connectivity index (χ4v) is 2.70. The number of nitrogens with zero attached hydrogens (tertiary/aromatic N) is 2. The van der Waals surface area contributed by atoms with E-state index in [1.165, 1.54) is 23.9 Å². The van der Waals surface area contributed by atoms with E-state index in [1.807, 2.05) is 20.0 Å². The van der Waals surface area contributed by atoms with Gasteiger partial charge in [0.2, 0.25) is 0 Å². The Balaban J connectivity index is 2.15. The summed E-state index contributed by atoms with van der Waals surface area (Å²) >= 11 is 1.49. The maximum atomic E-state index is 13.3. The molecule has 1 aromatic carbocycles. The van der Waals surface area contributed by atoms with Crippen molar-refractivity contribution in [2.75, 3.05) is 0 Å². The Hall–Kier alpha value is -1.82. The lowest BCUT2D eigenvalue weighted by Crippen LogP contribution is -1.99. The smallest absolute Gasteiger partial charge is 0.335 e. The molecule has 0 saturated heterocycles. The monoisotopic (exact) mass is 280 g/mol. The first-order chi connectivity index (χ1) is 8.95. The zero-order chi connectivity index (χ0) is 14.0. The van der Waals surface area contributed by atoms with Crippen LogP contribution in [0.4, 0.5) is 4.39 Å². The molecule has 100 valence electrons. The Kier molecular flexibility index (Phi) is 3.90.